The van der Waals surface area contributed by atoms with Crippen LogP contribution in [0.2, 0.25) is 0 Å². The normalized spacial score (nSPS) is 20.6. The fourth-order valence-electron chi connectivity index (χ4n) is 2.72. The number of halogens is 1. The van der Waals surface area contributed by atoms with Crippen molar-refractivity contribution in [3.8, 4) is 0 Å². The van der Waals surface area contributed by atoms with Gasteiger partial charge in [0, 0.05) is 13.1 Å². The first-order chi connectivity index (χ1) is 9.77. The van der Waals surface area contributed by atoms with Crippen molar-refractivity contribution in [1.82, 2.24) is 4.90 Å². The third-order valence-corrected chi connectivity index (χ3v) is 4.23. The van der Waals surface area contributed by atoms with Crippen molar-refractivity contribution in [2.45, 2.75) is 39.7 Å². The number of carbonyl (C=O) groups excluding carboxylic acids is 1. The minimum atomic E-state index is -0.456. The van der Waals surface area contributed by atoms with Gasteiger partial charge in [0.2, 0.25) is 5.91 Å². The van der Waals surface area contributed by atoms with Crippen LogP contribution >= 0.6 is 0 Å². The first-order valence-corrected chi connectivity index (χ1v) is 7.56. The standard InChI is InChI=1S/C17H25FN2O/c1-17(2,3)15(19)16(21)20-9-8-13(11-20)10-12-4-6-14(18)7-5-12/h4-7,13,15H,8-11,19H2,1-3H3/t13-,15-/m1/s1. The molecular formula is C17H25FN2O. The lowest BCUT2D eigenvalue weighted by Gasteiger charge is -2.30. The van der Waals surface area contributed by atoms with Crippen LogP contribution in [0.3, 0.4) is 0 Å². The molecule has 2 rings (SSSR count). The molecule has 0 saturated carbocycles. The van der Waals surface area contributed by atoms with Crippen LogP contribution in [0.1, 0.15) is 32.8 Å². The van der Waals surface area contributed by atoms with E-state index < -0.39 is 6.04 Å². The van der Waals surface area contributed by atoms with E-state index in [1.165, 1.54) is 12.1 Å². The van der Waals surface area contributed by atoms with Gasteiger partial charge in [-0.1, -0.05) is 32.9 Å². The van der Waals surface area contributed by atoms with E-state index in [-0.39, 0.29) is 17.1 Å². The molecule has 0 radical (unpaired) electrons. The maximum Gasteiger partial charge on any atom is 0.240 e. The van der Waals surface area contributed by atoms with Crippen LogP contribution in [0.15, 0.2) is 24.3 Å². The largest absolute Gasteiger partial charge is 0.341 e. The Morgan fingerprint density at radius 1 is 1.38 bits per heavy atom. The molecule has 0 bridgehead atoms. The molecule has 1 aliphatic heterocycles. The highest BCUT2D eigenvalue weighted by Gasteiger charge is 2.34. The minimum Gasteiger partial charge on any atom is -0.341 e. The zero-order valence-corrected chi connectivity index (χ0v) is 13.1. The maximum atomic E-state index is 12.9. The second kappa shape index (κ2) is 6.14. The molecule has 3 nitrogen and oxygen atoms in total. The van der Waals surface area contributed by atoms with E-state index in [1.807, 2.05) is 37.8 Å². The second-order valence-corrected chi connectivity index (χ2v) is 7.11. The molecule has 1 aromatic rings. The van der Waals surface area contributed by atoms with Crippen molar-refractivity contribution in [3.05, 3.63) is 35.6 Å². The molecule has 0 spiro atoms. The molecule has 1 heterocycles. The number of nitrogens with two attached hydrogens (primary N) is 1. The zero-order valence-electron chi connectivity index (χ0n) is 13.1. The predicted molar refractivity (Wildman–Crippen MR) is 82.2 cm³/mol. The van der Waals surface area contributed by atoms with Gasteiger partial charge in [-0.25, -0.2) is 4.39 Å². The van der Waals surface area contributed by atoms with Crippen LogP contribution in [0, 0.1) is 17.2 Å². The topological polar surface area (TPSA) is 46.3 Å². The molecule has 2 N–H and O–H groups in total. The number of nitrogens with zero attached hydrogens (tertiary/aromatic N) is 1. The average molecular weight is 292 g/mol. The lowest BCUT2D eigenvalue weighted by atomic mass is 9.86. The van der Waals surface area contributed by atoms with Gasteiger partial charge >= 0.3 is 0 Å². The van der Waals surface area contributed by atoms with Crippen LogP contribution in [-0.2, 0) is 11.2 Å². The predicted octanol–water partition coefficient (Wildman–Crippen LogP) is 2.59. The molecule has 0 aliphatic carbocycles. The minimum absolute atomic E-state index is 0.0455. The summed E-state index contributed by atoms with van der Waals surface area (Å²) in [6.45, 7) is 7.49. The molecule has 0 aromatic heterocycles. The zero-order chi connectivity index (χ0) is 15.6. The van der Waals surface area contributed by atoms with Crippen molar-refractivity contribution in [3.63, 3.8) is 0 Å². The number of hydrogen-bond acceptors (Lipinski definition) is 2. The average Bonchev–Trinajstić information content (AvgIpc) is 2.87. The first-order valence-electron chi connectivity index (χ1n) is 7.56. The van der Waals surface area contributed by atoms with Crippen molar-refractivity contribution < 1.29 is 9.18 Å². The molecule has 4 heteroatoms. The van der Waals surface area contributed by atoms with Crippen LogP contribution in [0.4, 0.5) is 4.39 Å². The molecule has 2 atom stereocenters. The van der Waals surface area contributed by atoms with E-state index >= 15 is 0 Å². The summed E-state index contributed by atoms with van der Waals surface area (Å²) in [5.41, 5.74) is 6.96. The Morgan fingerprint density at radius 3 is 2.57 bits per heavy atom. The lowest BCUT2D eigenvalue weighted by Crippen LogP contribution is -2.49. The number of carbonyl (C=O) groups is 1. The first kappa shape index (κ1) is 16.0. The summed E-state index contributed by atoms with van der Waals surface area (Å²) in [5.74, 6) is 0.272. The molecule has 21 heavy (non-hydrogen) atoms. The summed E-state index contributed by atoms with van der Waals surface area (Å²) in [5, 5.41) is 0. The van der Waals surface area contributed by atoms with Crippen LogP contribution in [-0.4, -0.2) is 29.9 Å². The van der Waals surface area contributed by atoms with Crippen LogP contribution in [0.25, 0.3) is 0 Å². The number of benzene rings is 1. The van der Waals surface area contributed by atoms with Gasteiger partial charge in [-0.3, -0.25) is 4.79 Å². The second-order valence-electron chi connectivity index (χ2n) is 7.11. The Kier molecular flexibility index (Phi) is 4.67. The Morgan fingerprint density at radius 2 is 2.00 bits per heavy atom. The van der Waals surface area contributed by atoms with Crippen molar-refractivity contribution in [2.75, 3.05) is 13.1 Å². The van der Waals surface area contributed by atoms with Gasteiger partial charge in [-0.2, -0.15) is 0 Å². The van der Waals surface area contributed by atoms with Crippen molar-refractivity contribution in [1.29, 1.82) is 0 Å². The van der Waals surface area contributed by atoms with Gasteiger partial charge in [-0.05, 0) is 41.9 Å². The molecule has 0 unspecified atom stereocenters. The van der Waals surface area contributed by atoms with Crippen LogP contribution < -0.4 is 5.73 Å². The fourth-order valence-corrected chi connectivity index (χ4v) is 2.72. The van der Waals surface area contributed by atoms with Gasteiger partial charge < -0.3 is 10.6 Å². The molecule has 1 aliphatic rings. The third-order valence-electron chi connectivity index (χ3n) is 4.23. The van der Waals surface area contributed by atoms with E-state index in [9.17, 15) is 9.18 Å². The summed E-state index contributed by atoms with van der Waals surface area (Å²) < 4.78 is 12.9. The molecule has 1 amide bonds. The summed E-state index contributed by atoms with van der Waals surface area (Å²) in [6.07, 6.45) is 1.87. The number of hydrogen-bond donors (Lipinski definition) is 1. The van der Waals surface area contributed by atoms with E-state index in [0.717, 1.165) is 31.5 Å². The summed E-state index contributed by atoms with van der Waals surface area (Å²) in [6, 6.07) is 6.16. The summed E-state index contributed by atoms with van der Waals surface area (Å²) >= 11 is 0. The van der Waals surface area contributed by atoms with Gasteiger partial charge in [0.15, 0.2) is 0 Å². The highest BCUT2D eigenvalue weighted by molar-refractivity contribution is 5.82. The SMILES string of the molecule is CC(C)(C)[C@H](N)C(=O)N1CC[C@H](Cc2ccc(F)cc2)C1. The number of likely N-dealkylation sites (tertiary alicyclic amines) is 1. The van der Waals surface area contributed by atoms with Crippen LogP contribution in [0.5, 0.6) is 0 Å². The van der Waals surface area contributed by atoms with Gasteiger partial charge in [0.1, 0.15) is 5.82 Å². The Balaban J connectivity index is 1.91. The van der Waals surface area contributed by atoms with Crippen molar-refractivity contribution >= 4 is 5.91 Å². The number of rotatable bonds is 3. The summed E-state index contributed by atoms with van der Waals surface area (Å²) in [7, 11) is 0. The molecule has 1 aromatic carbocycles. The highest BCUT2D eigenvalue weighted by Crippen LogP contribution is 2.25. The van der Waals surface area contributed by atoms with Gasteiger partial charge in [-0.15, -0.1) is 0 Å². The monoisotopic (exact) mass is 292 g/mol. The van der Waals surface area contributed by atoms with Crippen molar-refractivity contribution in [2.24, 2.45) is 17.1 Å². The molecule has 1 fully saturated rings. The molecular weight excluding hydrogens is 267 g/mol. The Bertz CT molecular complexity index is 493. The highest BCUT2D eigenvalue weighted by atomic mass is 19.1. The van der Waals surface area contributed by atoms with E-state index in [4.69, 9.17) is 5.73 Å². The maximum absolute atomic E-state index is 12.9. The quantitative estimate of drug-likeness (QED) is 0.931. The Labute approximate surface area is 126 Å². The van der Waals surface area contributed by atoms with Gasteiger partial charge in [0.05, 0.1) is 6.04 Å². The Hall–Kier alpha value is -1.42. The molecule has 1 saturated heterocycles. The molecule has 116 valence electrons. The van der Waals surface area contributed by atoms with E-state index in [1.54, 1.807) is 0 Å². The summed E-state index contributed by atoms with van der Waals surface area (Å²) in [4.78, 5) is 14.3. The fraction of sp³-hybridized carbons (Fsp3) is 0.588. The smallest absolute Gasteiger partial charge is 0.240 e. The van der Waals surface area contributed by atoms with E-state index in [0.29, 0.717) is 5.92 Å². The number of amides is 1. The lowest BCUT2D eigenvalue weighted by molar-refractivity contribution is -0.134. The van der Waals surface area contributed by atoms with Gasteiger partial charge in [0.25, 0.3) is 0 Å². The van der Waals surface area contributed by atoms with E-state index in [2.05, 4.69) is 0 Å². The third kappa shape index (κ3) is 4.03.